The van der Waals surface area contributed by atoms with Gasteiger partial charge in [-0.2, -0.15) is 0 Å². The molecule has 0 aromatic carbocycles. The van der Waals surface area contributed by atoms with Gasteiger partial charge in [0.25, 0.3) is 5.79 Å². The van der Waals surface area contributed by atoms with Gasteiger partial charge in [0.1, 0.15) is 159 Å². The van der Waals surface area contributed by atoms with Crippen molar-refractivity contribution in [2.75, 3.05) is 39.6 Å². The summed E-state index contributed by atoms with van der Waals surface area (Å²) >= 11 is 0. The Labute approximate surface area is 538 Å². The second-order valence-corrected chi connectivity index (χ2v) is 24.0. The largest absolute Gasteiger partial charge is 0.477 e. The zero-order valence-electron chi connectivity index (χ0n) is 51.4. The minimum atomic E-state index is -3.39. The maximum absolute atomic E-state index is 13.6. The molecule has 42 nitrogen and oxygen atoms in total. The van der Waals surface area contributed by atoms with Crippen molar-refractivity contribution in [3.8, 4) is 0 Å². The molecule has 0 bridgehead atoms. The molecule has 24 N–H and O–H groups in total. The third-order valence-corrected chi connectivity index (χ3v) is 17.1. The molecule has 548 valence electrons. The second kappa shape index (κ2) is 33.5. The van der Waals surface area contributed by atoms with Crippen molar-refractivity contribution in [3.63, 3.8) is 0 Å². The molecule has 42 heteroatoms. The van der Waals surface area contributed by atoms with Crippen LogP contribution >= 0.6 is 0 Å². The van der Waals surface area contributed by atoms with Crippen molar-refractivity contribution < 1.29 is 188 Å². The summed E-state index contributed by atoms with van der Waals surface area (Å²) < 4.78 is 76.4. The van der Waals surface area contributed by atoms with E-state index in [0.29, 0.717) is 0 Å². The third-order valence-electron chi connectivity index (χ3n) is 17.1. The average molecular weight is 1390 g/mol. The van der Waals surface area contributed by atoms with E-state index in [1.807, 2.05) is 0 Å². The average Bonchev–Trinajstić information content (AvgIpc) is 0.755. The van der Waals surface area contributed by atoms with Gasteiger partial charge in [0, 0.05) is 34.1 Å². The quantitative estimate of drug-likeness (QED) is 0.0404. The van der Waals surface area contributed by atoms with E-state index in [1.54, 1.807) is 0 Å². The van der Waals surface area contributed by atoms with Crippen LogP contribution in [0, 0.1) is 0 Å². The first kappa shape index (κ1) is 78.4. The zero-order chi connectivity index (χ0) is 70.6. The number of carboxylic acids is 1. The molecule has 7 rings (SSSR count). The molecule has 36 atom stereocenters. The smallest absolute Gasteiger partial charge is 0.364 e. The van der Waals surface area contributed by atoms with Gasteiger partial charge < -0.3 is 185 Å². The number of aliphatic carboxylic acids is 1. The van der Waals surface area contributed by atoms with Crippen molar-refractivity contribution >= 4 is 29.6 Å². The molecular formula is C53H88N4O38. The Bertz CT molecular complexity index is 2520. The highest BCUT2D eigenvalue weighted by atomic mass is 16.8. The number of carbonyl (C=O) groups is 5. The molecule has 0 aliphatic carbocycles. The number of rotatable bonds is 25. The van der Waals surface area contributed by atoms with Gasteiger partial charge in [-0.3, -0.25) is 19.2 Å². The lowest BCUT2D eigenvalue weighted by molar-refractivity contribution is -0.399. The maximum atomic E-state index is 13.6. The lowest BCUT2D eigenvalue weighted by atomic mass is 9.88. The predicted octanol–water partition coefficient (Wildman–Crippen LogP) is -15.5. The Hall–Kier alpha value is -3.93. The minimum Gasteiger partial charge on any atom is -0.477 e. The van der Waals surface area contributed by atoms with Crippen molar-refractivity contribution in [2.45, 2.75) is 261 Å². The van der Waals surface area contributed by atoms with Crippen molar-refractivity contribution in [2.24, 2.45) is 0 Å². The summed E-state index contributed by atoms with van der Waals surface area (Å²) in [6.45, 7) is -1.47. The standard InChI is InChI=1S/C53H88N4O38/c1-13-29(69)36(76)38(78)49(84-13)93-45-37(77)32(72)21(9-60)87-51(45)92-42-28(57-17(5)66)46(80)85-24(33(42)73)12-83-47-27(56-16(4)65)35(75)40(22(10-61)88-47)90-50-39(79)44(41(23(11-62)89-50)91-48-26(55-15(3)64)34(74)31(71)20(8-59)86-48)95-53(52(81)82)6-18(67)25(54-14(2)63)43(94-53)30(70)19(68)7-58/h13,18-51,58-62,67-80H,6-12H2,1-5H3,(H,54,63)(H,55,64)(H,56,65)(H,57,66)(H,81,82)/t13-,18-,19+,20+,21+,22+,23+,24+,25+,26+,27+,28+,29+,30+,31-,32-,33-,34+,35+,36+,37-,38-,39+,40+,41-,42+,43+,44+,45+,46-,47?,48-,49-,50-,51-,53-/m0/s1. The zero-order valence-corrected chi connectivity index (χ0v) is 51.4. The van der Waals surface area contributed by atoms with E-state index < -0.39 is 296 Å². The molecule has 4 amide bonds. The first-order chi connectivity index (χ1) is 44.7. The van der Waals surface area contributed by atoms with Gasteiger partial charge in [0.15, 0.2) is 37.7 Å². The van der Waals surface area contributed by atoms with Crippen LogP contribution in [-0.4, -0.2) is 392 Å². The van der Waals surface area contributed by atoms with Crippen LogP contribution in [0.4, 0.5) is 0 Å². The maximum Gasteiger partial charge on any atom is 0.364 e. The molecule has 1 unspecified atom stereocenters. The summed E-state index contributed by atoms with van der Waals surface area (Å²) in [6, 6.07) is -7.23. The Morgan fingerprint density at radius 3 is 1.48 bits per heavy atom. The van der Waals surface area contributed by atoms with Crippen molar-refractivity contribution in [1.29, 1.82) is 0 Å². The normalized spacial score (nSPS) is 46.4. The Morgan fingerprint density at radius 2 is 0.926 bits per heavy atom. The summed E-state index contributed by atoms with van der Waals surface area (Å²) in [5, 5.41) is 229. The molecule has 95 heavy (non-hydrogen) atoms. The first-order valence-corrected chi connectivity index (χ1v) is 30.1. The van der Waals surface area contributed by atoms with Gasteiger partial charge in [-0.05, 0) is 6.92 Å². The van der Waals surface area contributed by atoms with Gasteiger partial charge >= 0.3 is 5.97 Å². The van der Waals surface area contributed by atoms with Crippen LogP contribution in [0.2, 0.25) is 0 Å². The number of ether oxygens (including phenoxy) is 13. The first-order valence-electron chi connectivity index (χ1n) is 30.1. The molecule has 7 aliphatic heterocycles. The number of carbonyl (C=O) groups excluding carboxylic acids is 4. The molecule has 0 aromatic rings. The number of amides is 4. The predicted molar refractivity (Wildman–Crippen MR) is 294 cm³/mol. The number of carboxylic acid groups (broad SMARTS) is 1. The van der Waals surface area contributed by atoms with Crippen LogP contribution < -0.4 is 21.3 Å². The fourth-order valence-corrected chi connectivity index (χ4v) is 12.1. The minimum absolute atomic E-state index is 0.853. The lowest BCUT2D eigenvalue weighted by Gasteiger charge is -2.52. The summed E-state index contributed by atoms with van der Waals surface area (Å²) in [5.41, 5.74) is 0. The summed E-state index contributed by atoms with van der Waals surface area (Å²) in [5.74, 6) is -9.11. The van der Waals surface area contributed by atoms with E-state index >= 15 is 0 Å². The number of nitrogens with one attached hydrogen (secondary N) is 4. The fourth-order valence-electron chi connectivity index (χ4n) is 12.1. The van der Waals surface area contributed by atoms with Crippen LogP contribution in [-0.2, 0) is 85.6 Å². The monoisotopic (exact) mass is 1390 g/mol. The molecule has 7 saturated heterocycles. The topological polar surface area (TPSA) is 658 Å². The molecule has 0 spiro atoms. The molecule has 0 radical (unpaired) electrons. The van der Waals surface area contributed by atoms with Crippen LogP contribution in [0.15, 0.2) is 0 Å². The van der Waals surface area contributed by atoms with Crippen LogP contribution in [0.1, 0.15) is 41.0 Å². The third kappa shape index (κ3) is 17.5. The van der Waals surface area contributed by atoms with E-state index in [-0.39, 0.29) is 0 Å². The van der Waals surface area contributed by atoms with E-state index in [9.17, 15) is 126 Å². The number of aliphatic hydroxyl groups excluding tert-OH is 19. The Morgan fingerprint density at radius 1 is 0.453 bits per heavy atom. The van der Waals surface area contributed by atoms with Gasteiger partial charge in [-0.1, -0.05) is 0 Å². The van der Waals surface area contributed by atoms with E-state index in [2.05, 4.69) is 21.3 Å². The van der Waals surface area contributed by atoms with Gasteiger partial charge in [-0.25, -0.2) is 4.79 Å². The number of aliphatic hydroxyl groups is 19. The van der Waals surface area contributed by atoms with Crippen molar-refractivity contribution in [3.05, 3.63) is 0 Å². The van der Waals surface area contributed by atoms with Crippen LogP contribution in [0.3, 0.4) is 0 Å². The summed E-state index contributed by atoms with van der Waals surface area (Å²) in [7, 11) is 0. The molecule has 7 heterocycles. The fraction of sp³-hybridized carbons (Fsp3) is 0.906. The van der Waals surface area contributed by atoms with Gasteiger partial charge in [-0.15, -0.1) is 0 Å². The number of hydrogen-bond acceptors (Lipinski definition) is 37. The second-order valence-electron chi connectivity index (χ2n) is 24.0. The van der Waals surface area contributed by atoms with Gasteiger partial charge in [0.05, 0.1) is 57.9 Å². The highest BCUT2D eigenvalue weighted by molar-refractivity contribution is 5.77. The molecule has 7 fully saturated rings. The van der Waals surface area contributed by atoms with E-state index in [4.69, 9.17) is 61.6 Å². The summed E-state index contributed by atoms with van der Waals surface area (Å²) in [4.78, 5) is 63.9. The Balaban J connectivity index is 1.18. The molecule has 7 aliphatic rings. The SMILES string of the molecule is CC(=O)N[C@@H]1[C@@H](O[C@@H]2O[C@H](CO)[C@H](O)[C@H](O)[C@H]2O[C@@H]2O[C@@H](C)[C@@H](O)[C@@H](O)[C@@H]2O)[C@@H](O)[C@@H](COC2O[C@H](CO)[C@@H](O[C@@H]3O[C@H](CO)[C@H](O[C@@H]4O[C@H](CO)[C@H](O)[C@H](O)[C@H]4NC(C)=O)[C@H](O[C@]4(C(=O)O)C[C@H](O)[C@@H](NC(C)=O)[C@H]([C@H](O)[C@H](O)CO)O4)[C@H]3O)[C@H](O)[C@H]2NC(C)=O)O[C@@H]1O. The van der Waals surface area contributed by atoms with E-state index in [0.717, 1.165) is 27.7 Å². The van der Waals surface area contributed by atoms with Gasteiger partial charge in [0.2, 0.25) is 23.6 Å². The highest BCUT2D eigenvalue weighted by Gasteiger charge is 2.63. The summed E-state index contributed by atoms with van der Waals surface area (Å²) in [6.07, 6.45) is -64.2. The molecule has 0 aromatic heterocycles. The van der Waals surface area contributed by atoms with Crippen LogP contribution in [0.5, 0.6) is 0 Å². The number of hydrogen-bond donors (Lipinski definition) is 24. The molecular weight excluding hydrogens is 1300 g/mol. The Kier molecular flexibility index (Phi) is 27.6. The van der Waals surface area contributed by atoms with E-state index in [1.165, 1.54) is 6.92 Å². The molecule has 0 saturated carbocycles. The van der Waals surface area contributed by atoms with Crippen LogP contribution in [0.25, 0.3) is 0 Å². The highest BCUT2D eigenvalue weighted by Crippen LogP contribution is 2.41. The van der Waals surface area contributed by atoms with Crippen molar-refractivity contribution in [1.82, 2.24) is 21.3 Å². The lowest BCUT2D eigenvalue weighted by Crippen LogP contribution is -2.72.